The zero-order valence-corrected chi connectivity index (χ0v) is 11.8. The lowest BCUT2D eigenvalue weighted by atomic mass is 10.3. The van der Waals surface area contributed by atoms with E-state index in [2.05, 4.69) is 24.1 Å². The van der Waals surface area contributed by atoms with Crippen LogP contribution in [0.4, 0.5) is 0 Å². The van der Waals surface area contributed by atoms with Gasteiger partial charge >= 0.3 is 0 Å². The Kier molecular flexibility index (Phi) is 7.97. The second-order valence-electron chi connectivity index (χ2n) is 4.75. The highest BCUT2D eigenvalue weighted by Crippen LogP contribution is 1.94. The van der Waals surface area contributed by atoms with Crippen molar-refractivity contribution < 1.29 is 8.42 Å². The quantitative estimate of drug-likeness (QED) is 0.613. The highest BCUT2D eigenvalue weighted by atomic mass is 32.2. The van der Waals surface area contributed by atoms with Gasteiger partial charge < -0.3 is 10.2 Å². The number of hydrogen-bond acceptors (Lipinski definition) is 4. The fourth-order valence-corrected chi connectivity index (χ4v) is 1.97. The summed E-state index contributed by atoms with van der Waals surface area (Å²) >= 11 is 0. The van der Waals surface area contributed by atoms with Gasteiger partial charge in [0, 0.05) is 18.8 Å². The molecule has 16 heavy (non-hydrogen) atoms. The molecule has 4 nitrogen and oxygen atoms in total. The summed E-state index contributed by atoms with van der Waals surface area (Å²) in [6.07, 6.45) is 3.54. The number of sulfone groups is 1. The number of nitrogens with zero attached hydrogens (tertiary/aromatic N) is 1. The van der Waals surface area contributed by atoms with Crippen LogP contribution in [-0.4, -0.2) is 58.1 Å². The second kappa shape index (κ2) is 8.03. The van der Waals surface area contributed by atoms with Crippen molar-refractivity contribution in [1.82, 2.24) is 10.2 Å². The summed E-state index contributed by atoms with van der Waals surface area (Å²) in [5, 5.41) is 3.36. The zero-order valence-electron chi connectivity index (χ0n) is 11.0. The molecule has 0 rings (SSSR count). The van der Waals surface area contributed by atoms with Gasteiger partial charge in [-0.3, -0.25) is 0 Å². The molecule has 0 saturated heterocycles. The molecule has 0 aliphatic heterocycles. The van der Waals surface area contributed by atoms with Crippen molar-refractivity contribution in [3.05, 3.63) is 0 Å². The van der Waals surface area contributed by atoms with E-state index >= 15 is 0 Å². The van der Waals surface area contributed by atoms with E-state index in [9.17, 15) is 8.42 Å². The van der Waals surface area contributed by atoms with E-state index in [4.69, 9.17) is 0 Å². The predicted molar refractivity (Wildman–Crippen MR) is 69.6 cm³/mol. The van der Waals surface area contributed by atoms with Crippen LogP contribution in [0.1, 0.15) is 26.7 Å². The summed E-state index contributed by atoms with van der Waals surface area (Å²) in [5.41, 5.74) is 0. The SMILES string of the molecule is CC(C)NCCCCN(C)CCS(C)(=O)=O. The van der Waals surface area contributed by atoms with E-state index in [1.165, 1.54) is 6.26 Å². The molecule has 0 fully saturated rings. The predicted octanol–water partition coefficient (Wildman–Crippen LogP) is 0.741. The number of hydrogen-bond donors (Lipinski definition) is 1. The molecule has 0 bridgehead atoms. The summed E-state index contributed by atoms with van der Waals surface area (Å²) in [5.74, 6) is 0.258. The van der Waals surface area contributed by atoms with Crippen LogP contribution in [0.3, 0.4) is 0 Å². The smallest absolute Gasteiger partial charge is 0.148 e. The largest absolute Gasteiger partial charge is 0.315 e. The monoisotopic (exact) mass is 250 g/mol. The Morgan fingerprint density at radius 2 is 1.81 bits per heavy atom. The first-order valence-electron chi connectivity index (χ1n) is 5.91. The zero-order chi connectivity index (χ0) is 12.6. The normalized spacial score (nSPS) is 12.6. The fourth-order valence-electron chi connectivity index (χ4n) is 1.33. The lowest BCUT2D eigenvalue weighted by Gasteiger charge is -2.16. The van der Waals surface area contributed by atoms with Gasteiger partial charge in [-0.25, -0.2) is 8.42 Å². The van der Waals surface area contributed by atoms with Gasteiger partial charge in [0.1, 0.15) is 9.84 Å². The lowest BCUT2D eigenvalue weighted by molar-refractivity contribution is 0.341. The Hall–Kier alpha value is -0.130. The molecule has 98 valence electrons. The van der Waals surface area contributed by atoms with E-state index in [-0.39, 0.29) is 5.75 Å². The Morgan fingerprint density at radius 3 is 2.31 bits per heavy atom. The van der Waals surface area contributed by atoms with Crippen LogP contribution in [0, 0.1) is 0 Å². The molecule has 0 aromatic heterocycles. The van der Waals surface area contributed by atoms with Crippen LogP contribution in [0.5, 0.6) is 0 Å². The van der Waals surface area contributed by atoms with Crippen LogP contribution in [0.25, 0.3) is 0 Å². The average Bonchev–Trinajstić information content (AvgIpc) is 2.12. The maximum Gasteiger partial charge on any atom is 0.148 e. The molecule has 0 aliphatic rings. The van der Waals surface area contributed by atoms with Gasteiger partial charge in [0.25, 0.3) is 0 Å². The Labute approximate surface area is 100 Å². The first kappa shape index (κ1) is 15.9. The highest BCUT2D eigenvalue weighted by Gasteiger charge is 2.04. The number of unbranched alkanes of at least 4 members (excludes halogenated alkanes) is 1. The molecule has 1 N–H and O–H groups in total. The first-order valence-corrected chi connectivity index (χ1v) is 7.97. The van der Waals surface area contributed by atoms with E-state index in [1.54, 1.807) is 0 Å². The second-order valence-corrected chi connectivity index (χ2v) is 7.01. The molecule has 0 aromatic rings. The molecule has 0 atom stereocenters. The average molecular weight is 250 g/mol. The van der Waals surface area contributed by atoms with Crippen molar-refractivity contribution in [2.45, 2.75) is 32.7 Å². The third-order valence-electron chi connectivity index (χ3n) is 2.36. The van der Waals surface area contributed by atoms with Crippen molar-refractivity contribution in [2.75, 3.05) is 38.7 Å². The summed E-state index contributed by atoms with van der Waals surface area (Å²) in [6.45, 7) is 6.92. The van der Waals surface area contributed by atoms with Crippen molar-refractivity contribution in [3.63, 3.8) is 0 Å². The van der Waals surface area contributed by atoms with Crippen LogP contribution in [-0.2, 0) is 9.84 Å². The third-order valence-corrected chi connectivity index (χ3v) is 3.29. The maximum atomic E-state index is 11.0. The molecule has 0 aliphatic carbocycles. The Morgan fingerprint density at radius 1 is 1.19 bits per heavy atom. The first-order chi connectivity index (χ1) is 7.31. The van der Waals surface area contributed by atoms with Crippen molar-refractivity contribution >= 4 is 9.84 Å². The van der Waals surface area contributed by atoms with Gasteiger partial charge in [0.15, 0.2) is 0 Å². The molecule has 0 spiro atoms. The van der Waals surface area contributed by atoms with Gasteiger partial charge in [0.05, 0.1) is 5.75 Å². The van der Waals surface area contributed by atoms with Crippen LogP contribution >= 0.6 is 0 Å². The van der Waals surface area contributed by atoms with Crippen molar-refractivity contribution in [1.29, 1.82) is 0 Å². The van der Waals surface area contributed by atoms with E-state index in [1.807, 2.05) is 7.05 Å². The topological polar surface area (TPSA) is 49.4 Å². The summed E-state index contributed by atoms with van der Waals surface area (Å²) in [6, 6.07) is 0.544. The highest BCUT2D eigenvalue weighted by molar-refractivity contribution is 7.90. The minimum Gasteiger partial charge on any atom is -0.315 e. The summed E-state index contributed by atoms with van der Waals surface area (Å²) in [4.78, 5) is 2.08. The molecule has 0 amide bonds. The third kappa shape index (κ3) is 11.9. The van der Waals surface area contributed by atoms with E-state index < -0.39 is 9.84 Å². The van der Waals surface area contributed by atoms with E-state index in [0.29, 0.717) is 12.6 Å². The number of nitrogens with one attached hydrogen (secondary N) is 1. The summed E-state index contributed by atoms with van der Waals surface area (Å²) < 4.78 is 21.9. The van der Waals surface area contributed by atoms with Gasteiger partial charge in [-0.15, -0.1) is 0 Å². The molecule has 0 unspecified atom stereocenters. The van der Waals surface area contributed by atoms with Gasteiger partial charge in [0.2, 0.25) is 0 Å². The van der Waals surface area contributed by atoms with Crippen LogP contribution < -0.4 is 5.32 Å². The van der Waals surface area contributed by atoms with Crippen LogP contribution in [0.2, 0.25) is 0 Å². The molecule has 0 radical (unpaired) electrons. The van der Waals surface area contributed by atoms with Crippen molar-refractivity contribution in [3.8, 4) is 0 Å². The molecular formula is C11H26N2O2S. The Balaban J connectivity index is 3.41. The minimum absolute atomic E-state index is 0.258. The Bertz CT molecular complexity index is 263. The fraction of sp³-hybridized carbons (Fsp3) is 1.00. The molecule has 0 heterocycles. The van der Waals surface area contributed by atoms with Crippen LogP contribution in [0.15, 0.2) is 0 Å². The molecule has 0 saturated carbocycles. The molecule has 5 heteroatoms. The molecular weight excluding hydrogens is 224 g/mol. The van der Waals surface area contributed by atoms with E-state index in [0.717, 1.165) is 25.9 Å². The van der Waals surface area contributed by atoms with Crippen molar-refractivity contribution in [2.24, 2.45) is 0 Å². The minimum atomic E-state index is -2.82. The lowest BCUT2D eigenvalue weighted by Crippen LogP contribution is -2.28. The van der Waals surface area contributed by atoms with Gasteiger partial charge in [-0.2, -0.15) is 0 Å². The standard InChI is InChI=1S/C11H26N2O2S/c1-11(2)12-7-5-6-8-13(3)9-10-16(4,14)15/h11-12H,5-10H2,1-4H3. The number of rotatable bonds is 9. The molecule has 0 aromatic carbocycles. The van der Waals surface area contributed by atoms with Gasteiger partial charge in [-0.05, 0) is 33.0 Å². The maximum absolute atomic E-state index is 11.0. The van der Waals surface area contributed by atoms with Gasteiger partial charge in [-0.1, -0.05) is 13.8 Å². The summed E-state index contributed by atoms with van der Waals surface area (Å²) in [7, 11) is -0.846.